The van der Waals surface area contributed by atoms with Gasteiger partial charge in [-0.2, -0.15) is 0 Å². The molecule has 17 heavy (non-hydrogen) atoms. The Morgan fingerprint density at radius 1 is 1.35 bits per heavy atom. The molecule has 0 atom stereocenters. The van der Waals surface area contributed by atoms with Gasteiger partial charge >= 0.3 is 12.1 Å². The van der Waals surface area contributed by atoms with Crippen LogP contribution < -0.4 is 0 Å². The third-order valence-electron chi connectivity index (χ3n) is 1.67. The van der Waals surface area contributed by atoms with Gasteiger partial charge in [-0.3, -0.25) is 4.90 Å². The predicted molar refractivity (Wildman–Crippen MR) is 64.3 cm³/mol. The van der Waals surface area contributed by atoms with Crippen molar-refractivity contribution < 1.29 is 19.1 Å². The fourth-order valence-corrected chi connectivity index (χ4v) is 0.969. The maximum Gasteiger partial charge on any atom is 0.415 e. The summed E-state index contributed by atoms with van der Waals surface area (Å²) in [6.45, 7) is 12.3. The van der Waals surface area contributed by atoms with E-state index < -0.39 is 17.7 Å². The minimum atomic E-state index is -0.683. The molecule has 1 amide bonds. The Kier molecular flexibility index (Phi) is 5.44. The average Bonchev–Trinajstić information content (AvgIpc) is 2.21. The highest BCUT2D eigenvalue weighted by Gasteiger charge is 2.26. The molecule has 0 aromatic rings. The first-order valence-electron chi connectivity index (χ1n) is 5.11. The minimum Gasteiger partial charge on any atom is -0.464 e. The van der Waals surface area contributed by atoms with E-state index in [4.69, 9.17) is 4.74 Å². The molecule has 96 valence electrons. The fourth-order valence-electron chi connectivity index (χ4n) is 0.969. The number of carbonyl (C=O) groups excluding carboxylic acids is 2. The maximum absolute atomic E-state index is 11.8. The Hall–Kier alpha value is -1.78. The molecule has 0 unspecified atom stereocenters. The second-order valence-electron chi connectivity index (χ2n) is 4.32. The summed E-state index contributed by atoms with van der Waals surface area (Å²) in [7, 11) is 1.22. The first kappa shape index (κ1) is 15.2. The van der Waals surface area contributed by atoms with E-state index in [-0.39, 0.29) is 12.2 Å². The monoisotopic (exact) mass is 241 g/mol. The summed E-state index contributed by atoms with van der Waals surface area (Å²) >= 11 is 0. The summed E-state index contributed by atoms with van der Waals surface area (Å²) in [6, 6.07) is 0. The van der Waals surface area contributed by atoms with Gasteiger partial charge in [-0.05, 0) is 20.8 Å². The molecule has 5 nitrogen and oxygen atoms in total. The van der Waals surface area contributed by atoms with Crippen LogP contribution in [0, 0.1) is 0 Å². The highest BCUT2D eigenvalue weighted by molar-refractivity contribution is 5.91. The molecule has 0 bridgehead atoms. The molecule has 0 aliphatic carbocycles. The Morgan fingerprint density at radius 2 is 1.88 bits per heavy atom. The first-order valence-corrected chi connectivity index (χ1v) is 5.11. The molecule has 0 aromatic carbocycles. The van der Waals surface area contributed by atoms with E-state index in [9.17, 15) is 9.59 Å². The van der Waals surface area contributed by atoms with Crippen molar-refractivity contribution in [3.63, 3.8) is 0 Å². The normalized spacial score (nSPS) is 10.4. The third kappa shape index (κ3) is 5.19. The molecular formula is C12H19NO4. The van der Waals surface area contributed by atoms with Gasteiger partial charge in [0.25, 0.3) is 0 Å². The van der Waals surface area contributed by atoms with Gasteiger partial charge in [-0.1, -0.05) is 12.7 Å². The lowest BCUT2D eigenvalue weighted by Crippen LogP contribution is -2.38. The van der Waals surface area contributed by atoms with Crippen LogP contribution in [0.2, 0.25) is 0 Å². The van der Waals surface area contributed by atoms with Gasteiger partial charge in [0.15, 0.2) is 0 Å². The molecule has 0 aliphatic rings. The van der Waals surface area contributed by atoms with E-state index in [0.29, 0.717) is 0 Å². The van der Waals surface area contributed by atoms with Gasteiger partial charge in [0.05, 0.1) is 7.11 Å². The second-order valence-corrected chi connectivity index (χ2v) is 4.32. The number of hydrogen-bond donors (Lipinski definition) is 0. The fraction of sp³-hybridized carbons (Fsp3) is 0.500. The van der Waals surface area contributed by atoms with Crippen LogP contribution in [0.25, 0.3) is 0 Å². The Balaban J connectivity index is 4.85. The molecule has 0 saturated heterocycles. The van der Waals surface area contributed by atoms with Crippen LogP contribution in [0.4, 0.5) is 4.79 Å². The average molecular weight is 241 g/mol. The van der Waals surface area contributed by atoms with Crippen LogP contribution in [0.5, 0.6) is 0 Å². The number of hydrogen-bond acceptors (Lipinski definition) is 4. The van der Waals surface area contributed by atoms with E-state index >= 15 is 0 Å². The number of ether oxygens (including phenoxy) is 2. The Labute approximate surface area is 102 Å². The molecule has 0 radical (unpaired) electrons. The molecular weight excluding hydrogens is 222 g/mol. The number of carbonyl (C=O) groups is 2. The molecule has 0 spiro atoms. The highest BCUT2D eigenvalue weighted by atomic mass is 16.6. The zero-order chi connectivity index (χ0) is 13.6. The van der Waals surface area contributed by atoms with E-state index in [1.54, 1.807) is 20.8 Å². The topological polar surface area (TPSA) is 55.8 Å². The van der Waals surface area contributed by atoms with Gasteiger partial charge < -0.3 is 9.47 Å². The Morgan fingerprint density at radius 3 is 2.24 bits per heavy atom. The van der Waals surface area contributed by atoms with Gasteiger partial charge in [0.1, 0.15) is 11.3 Å². The molecule has 0 fully saturated rings. The van der Waals surface area contributed by atoms with Crippen LogP contribution in [0.3, 0.4) is 0 Å². The smallest absolute Gasteiger partial charge is 0.415 e. The van der Waals surface area contributed by atoms with Crippen molar-refractivity contribution in [2.45, 2.75) is 26.4 Å². The van der Waals surface area contributed by atoms with Crippen LogP contribution in [-0.2, 0) is 14.3 Å². The van der Waals surface area contributed by atoms with E-state index in [1.807, 2.05) is 0 Å². The first-order chi connectivity index (χ1) is 7.72. The summed E-state index contributed by atoms with van der Waals surface area (Å²) in [5.41, 5.74) is -0.728. The number of amides is 1. The molecule has 0 N–H and O–H groups in total. The number of nitrogens with zero attached hydrogens (tertiary/aromatic N) is 1. The van der Waals surface area contributed by atoms with Crippen LogP contribution >= 0.6 is 0 Å². The summed E-state index contributed by atoms with van der Waals surface area (Å²) in [6.07, 6.45) is 0.811. The zero-order valence-electron chi connectivity index (χ0n) is 10.8. The van der Waals surface area contributed by atoms with Crippen LogP contribution in [-0.4, -0.2) is 36.2 Å². The van der Waals surface area contributed by atoms with E-state index in [1.165, 1.54) is 13.2 Å². The summed E-state index contributed by atoms with van der Waals surface area (Å²) < 4.78 is 9.64. The molecule has 0 saturated carbocycles. The van der Waals surface area contributed by atoms with Crippen LogP contribution in [0.1, 0.15) is 20.8 Å². The Bertz CT molecular complexity index is 328. The van der Waals surface area contributed by atoms with Gasteiger partial charge in [-0.15, -0.1) is 6.58 Å². The van der Waals surface area contributed by atoms with Gasteiger partial charge in [-0.25, -0.2) is 9.59 Å². The second kappa shape index (κ2) is 6.08. The van der Waals surface area contributed by atoms with Crippen molar-refractivity contribution in [2.75, 3.05) is 13.7 Å². The van der Waals surface area contributed by atoms with Crippen LogP contribution in [0.15, 0.2) is 24.9 Å². The van der Waals surface area contributed by atoms with Gasteiger partial charge in [0.2, 0.25) is 0 Å². The lowest BCUT2D eigenvalue weighted by atomic mass is 10.2. The summed E-state index contributed by atoms with van der Waals surface area (Å²) in [5, 5.41) is 0. The number of methoxy groups -OCH3 is 1. The van der Waals surface area contributed by atoms with Crippen molar-refractivity contribution in [2.24, 2.45) is 0 Å². The summed E-state index contributed by atoms with van der Waals surface area (Å²) in [4.78, 5) is 24.2. The summed E-state index contributed by atoms with van der Waals surface area (Å²) in [5.74, 6) is -0.683. The molecule has 0 rings (SSSR count). The van der Waals surface area contributed by atoms with E-state index in [0.717, 1.165) is 4.90 Å². The predicted octanol–water partition coefficient (Wildman–Crippen LogP) is 2.10. The van der Waals surface area contributed by atoms with Crippen molar-refractivity contribution >= 4 is 12.1 Å². The highest BCUT2D eigenvalue weighted by Crippen LogP contribution is 2.13. The number of esters is 1. The quantitative estimate of drug-likeness (QED) is 0.429. The van der Waals surface area contributed by atoms with Gasteiger partial charge in [0, 0.05) is 6.54 Å². The molecule has 5 heteroatoms. The van der Waals surface area contributed by atoms with E-state index in [2.05, 4.69) is 17.9 Å². The largest absolute Gasteiger partial charge is 0.464 e. The maximum atomic E-state index is 11.8. The molecule has 0 heterocycles. The standard InChI is InChI=1S/C12H19NO4/c1-7-8-13(9(2)10(14)16-6)11(15)17-12(3,4)5/h7H,1-2,8H2,3-6H3. The number of rotatable bonds is 4. The molecule has 0 aliphatic heterocycles. The lowest BCUT2D eigenvalue weighted by Gasteiger charge is -2.26. The van der Waals surface area contributed by atoms with Crippen molar-refractivity contribution in [3.05, 3.63) is 24.9 Å². The zero-order valence-corrected chi connectivity index (χ0v) is 10.8. The third-order valence-corrected chi connectivity index (χ3v) is 1.67. The van der Waals surface area contributed by atoms with Crippen molar-refractivity contribution in [1.29, 1.82) is 0 Å². The van der Waals surface area contributed by atoms with Crippen molar-refractivity contribution in [3.8, 4) is 0 Å². The van der Waals surface area contributed by atoms with Crippen molar-refractivity contribution in [1.82, 2.24) is 4.90 Å². The SMILES string of the molecule is C=CCN(C(=C)C(=O)OC)C(=O)OC(C)(C)C. The lowest BCUT2D eigenvalue weighted by molar-refractivity contribution is -0.137. The molecule has 0 aromatic heterocycles. The minimum absolute atomic E-state index is 0.0818.